The van der Waals surface area contributed by atoms with Crippen molar-refractivity contribution < 1.29 is 4.74 Å². The Labute approximate surface area is 127 Å². The van der Waals surface area contributed by atoms with E-state index in [0.29, 0.717) is 0 Å². The van der Waals surface area contributed by atoms with Crippen molar-refractivity contribution in [2.45, 2.75) is 0 Å². The molecule has 0 saturated heterocycles. The first-order chi connectivity index (χ1) is 10.4. The molecule has 0 spiro atoms. The van der Waals surface area contributed by atoms with Crippen LogP contribution in [0.3, 0.4) is 0 Å². The van der Waals surface area contributed by atoms with Gasteiger partial charge in [-0.1, -0.05) is 30.4 Å². The van der Waals surface area contributed by atoms with E-state index in [0.717, 1.165) is 29.1 Å². The van der Waals surface area contributed by atoms with Gasteiger partial charge in [-0.2, -0.15) is 0 Å². The summed E-state index contributed by atoms with van der Waals surface area (Å²) in [6, 6.07) is 14.2. The lowest BCUT2D eigenvalue weighted by Gasteiger charge is -2.05. The van der Waals surface area contributed by atoms with Crippen LogP contribution in [0.5, 0.6) is 5.75 Å². The second kappa shape index (κ2) is 6.41. The second-order valence-corrected chi connectivity index (χ2v) is 5.45. The number of para-hydroxylation sites is 1. The molecule has 0 aliphatic heterocycles. The Bertz CT molecular complexity index is 764. The lowest BCUT2D eigenvalue weighted by molar-refractivity contribution is 0.414. The Morgan fingerprint density at radius 1 is 1.24 bits per heavy atom. The molecule has 1 N–H and O–H groups in total. The lowest BCUT2D eigenvalue weighted by Crippen LogP contribution is -1.97. The smallest absolute Gasteiger partial charge is 0.126 e. The first-order valence-electron chi connectivity index (χ1n) is 6.73. The van der Waals surface area contributed by atoms with Gasteiger partial charge in [0.05, 0.1) is 22.8 Å². The highest BCUT2D eigenvalue weighted by molar-refractivity contribution is 7.16. The first kappa shape index (κ1) is 13.6. The molecule has 21 heavy (non-hydrogen) atoms. The van der Waals surface area contributed by atoms with E-state index in [1.807, 2.05) is 35.8 Å². The summed E-state index contributed by atoms with van der Waals surface area (Å²) in [7, 11) is 1.69. The third-order valence-electron chi connectivity index (χ3n) is 3.19. The normalized spacial score (nSPS) is 11.1. The predicted octanol–water partition coefficient (Wildman–Crippen LogP) is 4.43. The summed E-state index contributed by atoms with van der Waals surface area (Å²) in [5, 5.41) is 3.39. The number of aromatic nitrogens is 1. The summed E-state index contributed by atoms with van der Waals surface area (Å²) < 4.78 is 6.53. The molecular weight excluding hydrogens is 280 g/mol. The fourth-order valence-corrected chi connectivity index (χ4v) is 2.85. The maximum Gasteiger partial charge on any atom is 0.126 e. The SMILES string of the molecule is COc1ccccc1C=CCNc1ccc2ncsc2c1. The summed E-state index contributed by atoms with van der Waals surface area (Å²) in [4.78, 5) is 4.28. The molecule has 0 amide bonds. The number of ether oxygens (including phenoxy) is 1. The van der Waals surface area contributed by atoms with Gasteiger partial charge in [0.25, 0.3) is 0 Å². The zero-order valence-corrected chi connectivity index (χ0v) is 12.6. The van der Waals surface area contributed by atoms with E-state index in [-0.39, 0.29) is 0 Å². The van der Waals surface area contributed by atoms with Gasteiger partial charge in [-0.3, -0.25) is 0 Å². The number of methoxy groups -OCH3 is 1. The molecule has 3 rings (SSSR count). The predicted molar refractivity (Wildman–Crippen MR) is 90.1 cm³/mol. The average molecular weight is 296 g/mol. The fourth-order valence-electron chi connectivity index (χ4n) is 2.13. The molecule has 0 aliphatic rings. The van der Waals surface area contributed by atoms with Crippen LogP contribution >= 0.6 is 11.3 Å². The summed E-state index contributed by atoms with van der Waals surface area (Å²) in [6.45, 7) is 0.766. The lowest BCUT2D eigenvalue weighted by atomic mass is 10.2. The second-order valence-electron chi connectivity index (χ2n) is 4.56. The molecule has 1 heterocycles. The Kier molecular flexibility index (Phi) is 4.17. The van der Waals surface area contributed by atoms with Gasteiger partial charge >= 0.3 is 0 Å². The largest absolute Gasteiger partial charge is 0.496 e. The zero-order valence-electron chi connectivity index (χ0n) is 11.7. The van der Waals surface area contributed by atoms with Crippen LogP contribution in [0, 0.1) is 0 Å². The van der Waals surface area contributed by atoms with E-state index in [9.17, 15) is 0 Å². The number of thiazole rings is 1. The monoisotopic (exact) mass is 296 g/mol. The van der Waals surface area contributed by atoms with Crippen LogP contribution < -0.4 is 10.1 Å². The molecule has 0 aliphatic carbocycles. The van der Waals surface area contributed by atoms with Crippen molar-refractivity contribution in [2.75, 3.05) is 19.0 Å². The van der Waals surface area contributed by atoms with Gasteiger partial charge in [-0.15, -0.1) is 11.3 Å². The number of hydrogen-bond acceptors (Lipinski definition) is 4. The molecular formula is C17H16N2OS. The Balaban J connectivity index is 1.63. The van der Waals surface area contributed by atoms with E-state index in [1.54, 1.807) is 18.4 Å². The minimum atomic E-state index is 0.766. The van der Waals surface area contributed by atoms with Crippen LogP contribution in [0.15, 0.2) is 54.1 Å². The van der Waals surface area contributed by atoms with Crippen molar-refractivity contribution in [3.8, 4) is 5.75 Å². The van der Waals surface area contributed by atoms with Crippen molar-refractivity contribution in [1.29, 1.82) is 0 Å². The molecule has 0 atom stereocenters. The van der Waals surface area contributed by atoms with Crippen molar-refractivity contribution in [2.24, 2.45) is 0 Å². The summed E-state index contributed by atoms with van der Waals surface area (Å²) >= 11 is 1.66. The molecule has 106 valence electrons. The maximum absolute atomic E-state index is 5.32. The van der Waals surface area contributed by atoms with Crippen LogP contribution in [-0.4, -0.2) is 18.6 Å². The molecule has 0 fully saturated rings. The molecule has 2 aromatic carbocycles. The standard InChI is InChI=1S/C17H16N2OS/c1-20-16-7-3-2-5-13(16)6-4-10-18-14-8-9-15-17(11-14)21-12-19-15/h2-9,11-12,18H,10H2,1H3. The fraction of sp³-hybridized carbons (Fsp3) is 0.118. The third-order valence-corrected chi connectivity index (χ3v) is 3.98. The number of benzene rings is 2. The molecule has 0 unspecified atom stereocenters. The molecule has 1 aromatic heterocycles. The maximum atomic E-state index is 5.32. The van der Waals surface area contributed by atoms with Gasteiger partial charge < -0.3 is 10.1 Å². The highest BCUT2D eigenvalue weighted by Crippen LogP contribution is 2.22. The Morgan fingerprint density at radius 2 is 2.14 bits per heavy atom. The van der Waals surface area contributed by atoms with Crippen molar-refractivity contribution in [1.82, 2.24) is 4.98 Å². The van der Waals surface area contributed by atoms with Crippen molar-refractivity contribution in [3.05, 3.63) is 59.6 Å². The van der Waals surface area contributed by atoms with Gasteiger partial charge in [-0.25, -0.2) is 4.98 Å². The Hall–Kier alpha value is -2.33. The van der Waals surface area contributed by atoms with Crippen LogP contribution in [0.2, 0.25) is 0 Å². The quantitative estimate of drug-likeness (QED) is 0.756. The number of nitrogens with one attached hydrogen (secondary N) is 1. The third kappa shape index (κ3) is 3.23. The number of hydrogen-bond donors (Lipinski definition) is 1. The van der Waals surface area contributed by atoms with Gasteiger partial charge in [-0.05, 0) is 24.3 Å². The van der Waals surface area contributed by atoms with E-state index >= 15 is 0 Å². The summed E-state index contributed by atoms with van der Waals surface area (Å²) in [5.74, 6) is 0.889. The molecule has 4 heteroatoms. The summed E-state index contributed by atoms with van der Waals surface area (Å²) in [5.41, 5.74) is 5.11. The van der Waals surface area contributed by atoms with E-state index < -0.39 is 0 Å². The zero-order chi connectivity index (χ0) is 14.5. The van der Waals surface area contributed by atoms with Crippen molar-refractivity contribution >= 4 is 33.3 Å². The highest BCUT2D eigenvalue weighted by atomic mass is 32.1. The molecule has 0 radical (unpaired) electrons. The van der Waals surface area contributed by atoms with E-state index in [1.165, 1.54) is 4.70 Å². The van der Waals surface area contributed by atoms with Gasteiger partial charge in [0.2, 0.25) is 0 Å². The minimum Gasteiger partial charge on any atom is -0.496 e. The first-order valence-corrected chi connectivity index (χ1v) is 7.61. The van der Waals surface area contributed by atoms with Crippen LogP contribution in [-0.2, 0) is 0 Å². The number of rotatable bonds is 5. The summed E-state index contributed by atoms with van der Waals surface area (Å²) in [6.07, 6.45) is 4.16. The molecule has 3 aromatic rings. The molecule has 0 saturated carbocycles. The number of anilines is 1. The van der Waals surface area contributed by atoms with E-state index in [4.69, 9.17) is 4.74 Å². The van der Waals surface area contributed by atoms with Crippen LogP contribution in [0.25, 0.3) is 16.3 Å². The van der Waals surface area contributed by atoms with Crippen molar-refractivity contribution in [3.63, 3.8) is 0 Å². The average Bonchev–Trinajstić information content (AvgIpc) is 2.99. The molecule has 3 nitrogen and oxygen atoms in total. The molecule has 0 bridgehead atoms. The number of fused-ring (bicyclic) bond motifs is 1. The van der Waals surface area contributed by atoms with E-state index in [2.05, 4.69) is 34.6 Å². The topological polar surface area (TPSA) is 34.1 Å². The Morgan fingerprint density at radius 3 is 3.05 bits per heavy atom. The minimum absolute atomic E-state index is 0.766. The number of nitrogens with zero attached hydrogens (tertiary/aromatic N) is 1. The van der Waals surface area contributed by atoms with Gasteiger partial charge in [0.15, 0.2) is 0 Å². The van der Waals surface area contributed by atoms with Gasteiger partial charge in [0.1, 0.15) is 5.75 Å². The van der Waals surface area contributed by atoms with Crippen LogP contribution in [0.1, 0.15) is 5.56 Å². The van der Waals surface area contributed by atoms with Crippen LogP contribution in [0.4, 0.5) is 5.69 Å². The van der Waals surface area contributed by atoms with Gasteiger partial charge in [0, 0.05) is 17.8 Å². The highest BCUT2D eigenvalue weighted by Gasteiger charge is 1.98.